The molecule has 0 bridgehead atoms. The third-order valence-corrected chi connectivity index (χ3v) is 1.10. The molecule has 0 unspecified atom stereocenters. The van der Waals surface area contributed by atoms with Crippen molar-refractivity contribution in [3.63, 3.8) is 0 Å². The predicted molar refractivity (Wildman–Crippen MR) is 59.0 cm³/mol. The van der Waals surface area contributed by atoms with Crippen LogP contribution in [0.3, 0.4) is 0 Å². The van der Waals surface area contributed by atoms with Gasteiger partial charge in [-0.2, -0.15) is 0 Å². The number of hydrogen-bond donors (Lipinski definition) is 1. The minimum absolute atomic E-state index is 0.180. The van der Waals surface area contributed by atoms with Gasteiger partial charge >= 0.3 is 5.97 Å². The van der Waals surface area contributed by atoms with Crippen molar-refractivity contribution in [2.45, 2.75) is 34.6 Å². The Morgan fingerprint density at radius 1 is 1.50 bits per heavy atom. The first kappa shape index (κ1) is 15.2. The van der Waals surface area contributed by atoms with E-state index in [9.17, 15) is 4.79 Å². The van der Waals surface area contributed by atoms with Crippen LogP contribution in [0.1, 0.15) is 34.6 Å². The summed E-state index contributed by atoms with van der Waals surface area (Å²) in [4.78, 5) is 14.9. The van der Waals surface area contributed by atoms with Gasteiger partial charge in [0.05, 0.1) is 6.61 Å². The van der Waals surface area contributed by atoms with Crippen molar-refractivity contribution in [3.8, 4) is 0 Å². The molecule has 4 nitrogen and oxygen atoms in total. The number of hydrogen-bond acceptors (Lipinski definition) is 4. The van der Waals surface area contributed by atoms with Crippen LogP contribution in [-0.2, 0) is 9.53 Å². The summed E-state index contributed by atoms with van der Waals surface area (Å²) in [5.74, 6) is -0.476. The van der Waals surface area contributed by atoms with Gasteiger partial charge < -0.3 is 10.5 Å². The average Bonchev–Trinajstić information content (AvgIpc) is 2.17. The summed E-state index contributed by atoms with van der Waals surface area (Å²) in [6.07, 6.45) is 1.50. The lowest BCUT2D eigenvalue weighted by atomic mass is 10.3. The SMILES string of the molecule is CC.CC=N/C(C(=O)OCC)=C(/C)N. The fraction of sp³-hybridized carbons (Fsp3) is 0.600. The summed E-state index contributed by atoms with van der Waals surface area (Å²) in [6.45, 7) is 9.38. The molecule has 4 heteroatoms. The van der Waals surface area contributed by atoms with Crippen molar-refractivity contribution in [1.29, 1.82) is 0 Å². The van der Waals surface area contributed by atoms with Gasteiger partial charge in [-0.1, -0.05) is 13.8 Å². The molecule has 0 aliphatic carbocycles. The maximum Gasteiger partial charge on any atom is 0.358 e. The fourth-order valence-corrected chi connectivity index (χ4v) is 0.644. The zero-order valence-electron chi connectivity index (χ0n) is 9.63. The zero-order chi connectivity index (χ0) is 11.6. The largest absolute Gasteiger partial charge is 0.461 e. The lowest BCUT2D eigenvalue weighted by Gasteiger charge is -2.02. The maximum atomic E-state index is 11.1. The molecule has 0 spiro atoms. The molecular formula is C10H20N2O2. The second-order valence-electron chi connectivity index (χ2n) is 2.14. The number of ether oxygens (including phenoxy) is 1. The van der Waals surface area contributed by atoms with Crippen LogP contribution in [0.2, 0.25) is 0 Å². The standard InChI is InChI=1S/C8H14N2O2.C2H6/c1-4-10-7(6(3)9)8(11)12-5-2;1-2/h4H,5,9H2,1-3H3;1-2H3/b7-6-,10-4?;. The van der Waals surface area contributed by atoms with Gasteiger partial charge in [0, 0.05) is 11.9 Å². The summed E-state index contributed by atoms with van der Waals surface area (Å²) in [5.41, 5.74) is 5.97. The third-order valence-electron chi connectivity index (χ3n) is 1.10. The molecule has 82 valence electrons. The van der Waals surface area contributed by atoms with Crippen LogP contribution in [0.15, 0.2) is 16.4 Å². The summed E-state index contributed by atoms with van der Waals surface area (Å²) in [7, 11) is 0. The monoisotopic (exact) mass is 200 g/mol. The fourth-order valence-electron chi connectivity index (χ4n) is 0.644. The molecule has 0 aromatic heterocycles. The van der Waals surface area contributed by atoms with Gasteiger partial charge in [0.25, 0.3) is 0 Å². The van der Waals surface area contributed by atoms with E-state index in [1.807, 2.05) is 13.8 Å². The van der Waals surface area contributed by atoms with Crippen molar-refractivity contribution in [3.05, 3.63) is 11.4 Å². The minimum Gasteiger partial charge on any atom is -0.461 e. The van der Waals surface area contributed by atoms with E-state index in [1.165, 1.54) is 6.21 Å². The van der Waals surface area contributed by atoms with Crippen molar-refractivity contribution in [1.82, 2.24) is 0 Å². The van der Waals surface area contributed by atoms with Crippen LogP contribution in [0.5, 0.6) is 0 Å². The van der Waals surface area contributed by atoms with Gasteiger partial charge in [-0.25, -0.2) is 4.79 Å². The lowest BCUT2D eigenvalue weighted by molar-refractivity contribution is -0.138. The molecule has 0 amide bonds. The molecule has 14 heavy (non-hydrogen) atoms. The number of aliphatic imine (C=N–C) groups is 1. The lowest BCUT2D eigenvalue weighted by Crippen LogP contribution is -2.11. The smallest absolute Gasteiger partial charge is 0.358 e. The topological polar surface area (TPSA) is 64.7 Å². The van der Waals surface area contributed by atoms with Gasteiger partial charge in [-0.05, 0) is 20.8 Å². The summed E-state index contributed by atoms with van der Waals surface area (Å²) in [6, 6.07) is 0. The first-order valence-electron chi connectivity index (χ1n) is 4.75. The molecule has 0 aromatic rings. The second-order valence-corrected chi connectivity index (χ2v) is 2.14. The van der Waals surface area contributed by atoms with E-state index in [4.69, 9.17) is 10.5 Å². The highest BCUT2D eigenvalue weighted by molar-refractivity contribution is 5.90. The van der Waals surface area contributed by atoms with E-state index in [1.54, 1.807) is 20.8 Å². The molecule has 0 fully saturated rings. The molecule has 0 aromatic carbocycles. The molecule has 0 rings (SSSR count). The Morgan fingerprint density at radius 3 is 2.29 bits per heavy atom. The molecule has 0 saturated heterocycles. The number of carbonyl (C=O) groups is 1. The minimum atomic E-state index is -0.476. The molecule has 0 atom stereocenters. The predicted octanol–water partition coefficient (Wildman–Crippen LogP) is 1.86. The van der Waals surface area contributed by atoms with Crippen molar-refractivity contribution in [2.24, 2.45) is 10.7 Å². The first-order valence-corrected chi connectivity index (χ1v) is 4.75. The molecule has 0 radical (unpaired) electrons. The molecular weight excluding hydrogens is 180 g/mol. The number of rotatable bonds is 3. The van der Waals surface area contributed by atoms with Crippen molar-refractivity contribution in [2.75, 3.05) is 6.61 Å². The molecule has 2 N–H and O–H groups in total. The highest BCUT2D eigenvalue weighted by atomic mass is 16.5. The van der Waals surface area contributed by atoms with Crippen LogP contribution in [-0.4, -0.2) is 18.8 Å². The van der Waals surface area contributed by atoms with Crippen LogP contribution >= 0.6 is 0 Å². The number of esters is 1. The number of carbonyl (C=O) groups excluding carboxylic acids is 1. The normalized spacial score (nSPS) is 11.5. The van der Waals surface area contributed by atoms with E-state index in [0.29, 0.717) is 12.3 Å². The Bertz CT molecular complexity index is 216. The van der Waals surface area contributed by atoms with Gasteiger partial charge in [0.15, 0.2) is 5.70 Å². The van der Waals surface area contributed by atoms with Gasteiger partial charge in [-0.3, -0.25) is 4.99 Å². The Balaban J connectivity index is 0. The molecule has 0 aliphatic heterocycles. The zero-order valence-corrected chi connectivity index (χ0v) is 9.63. The highest BCUT2D eigenvalue weighted by Crippen LogP contribution is 2.02. The Hall–Kier alpha value is -1.32. The van der Waals surface area contributed by atoms with Crippen LogP contribution in [0, 0.1) is 0 Å². The Labute approximate surface area is 85.9 Å². The summed E-state index contributed by atoms with van der Waals surface area (Å²) < 4.78 is 4.73. The number of nitrogens with zero attached hydrogens (tertiary/aromatic N) is 1. The maximum absolute atomic E-state index is 11.1. The van der Waals surface area contributed by atoms with Gasteiger partial charge in [0.2, 0.25) is 0 Å². The van der Waals surface area contributed by atoms with E-state index >= 15 is 0 Å². The van der Waals surface area contributed by atoms with E-state index in [-0.39, 0.29) is 5.70 Å². The molecule has 0 aliphatic rings. The Morgan fingerprint density at radius 2 is 2.00 bits per heavy atom. The van der Waals surface area contributed by atoms with Crippen molar-refractivity contribution >= 4 is 12.2 Å². The van der Waals surface area contributed by atoms with Crippen LogP contribution < -0.4 is 5.73 Å². The average molecular weight is 200 g/mol. The Kier molecular flexibility index (Phi) is 10.6. The summed E-state index contributed by atoms with van der Waals surface area (Å²) in [5, 5.41) is 0. The van der Waals surface area contributed by atoms with E-state index < -0.39 is 5.97 Å². The molecule has 0 heterocycles. The van der Waals surface area contributed by atoms with Gasteiger partial charge in [-0.15, -0.1) is 0 Å². The van der Waals surface area contributed by atoms with E-state index in [2.05, 4.69) is 4.99 Å². The number of allylic oxidation sites excluding steroid dienone is 1. The van der Waals surface area contributed by atoms with E-state index in [0.717, 1.165) is 0 Å². The van der Waals surface area contributed by atoms with Gasteiger partial charge in [0.1, 0.15) is 0 Å². The first-order chi connectivity index (χ1) is 6.63. The van der Waals surface area contributed by atoms with Crippen LogP contribution in [0.4, 0.5) is 0 Å². The highest BCUT2D eigenvalue weighted by Gasteiger charge is 2.10. The van der Waals surface area contributed by atoms with Crippen molar-refractivity contribution < 1.29 is 9.53 Å². The quantitative estimate of drug-likeness (QED) is 0.429. The number of nitrogens with two attached hydrogens (primary N) is 1. The summed E-state index contributed by atoms with van der Waals surface area (Å²) >= 11 is 0. The van der Waals surface area contributed by atoms with Crippen LogP contribution in [0.25, 0.3) is 0 Å². The second kappa shape index (κ2) is 9.77. The third kappa shape index (κ3) is 6.22. The molecule has 0 saturated carbocycles.